The molecule has 0 saturated heterocycles. The number of anilines is 1. The Labute approximate surface area is 159 Å². The lowest BCUT2D eigenvalue weighted by Crippen LogP contribution is -2.19. The van der Waals surface area contributed by atoms with E-state index in [1.807, 2.05) is 45.0 Å². The topological polar surface area (TPSA) is 57.8 Å². The van der Waals surface area contributed by atoms with Gasteiger partial charge in [0.2, 0.25) is 5.91 Å². The van der Waals surface area contributed by atoms with Crippen LogP contribution < -0.4 is 5.32 Å². The first-order valence-electron chi connectivity index (χ1n) is 9.12. The summed E-state index contributed by atoms with van der Waals surface area (Å²) in [6.07, 6.45) is 4.64. The minimum absolute atomic E-state index is 0.0659. The van der Waals surface area contributed by atoms with E-state index in [-0.39, 0.29) is 5.91 Å². The van der Waals surface area contributed by atoms with E-state index in [0.717, 1.165) is 29.0 Å². The van der Waals surface area contributed by atoms with Crippen molar-refractivity contribution in [1.82, 2.24) is 4.57 Å². The number of nitriles is 1. The lowest BCUT2D eigenvalue weighted by molar-refractivity contribution is -0.113. The van der Waals surface area contributed by atoms with Crippen LogP contribution in [-0.4, -0.2) is 16.2 Å². The number of hydrogen-bond acceptors (Lipinski definition) is 3. The number of nitrogens with zero attached hydrogens (tertiary/aromatic N) is 2. The zero-order valence-corrected chi connectivity index (χ0v) is 16.4. The fourth-order valence-corrected chi connectivity index (χ4v) is 4.36. The molecule has 1 aliphatic rings. The van der Waals surface area contributed by atoms with E-state index in [1.165, 1.54) is 30.2 Å². The third-order valence-corrected chi connectivity index (χ3v) is 6.22. The van der Waals surface area contributed by atoms with Crippen molar-refractivity contribution in [2.45, 2.75) is 57.4 Å². The predicted octanol–water partition coefficient (Wildman–Crippen LogP) is 5.13. The summed E-state index contributed by atoms with van der Waals surface area (Å²) < 4.78 is 2.19. The molecule has 2 aromatic rings. The van der Waals surface area contributed by atoms with Gasteiger partial charge in [0.1, 0.15) is 11.9 Å². The zero-order valence-electron chi connectivity index (χ0n) is 15.6. The predicted molar refractivity (Wildman–Crippen MR) is 107 cm³/mol. The second-order valence-corrected chi connectivity index (χ2v) is 8.05. The molecule has 4 nitrogen and oxygen atoms in total. The van der Waals surface area contributed by atoms with Gasteiger partial charge in [-0.05, 0) is 51.3 Å². The molecule has 3 rings (SSSR count). The standard InChI is InChI=1S/C21H25N3OS/c1-14-8-10-18(11-9-14)26-13-20(25)23-21-19(12-22)15(2)16(3)24(21)17-6-4-5-7-17/h8-11,17H,4-7,13H2,1-3H3,(H,23,25). The third kappa shape index (κ3) is 3.81. The maximum atomic E-state index is 12.6. The quantitative estimate of drug-likeness (QED) is 0.745. The van der Waals surface area contributed by atoms with Crippen molar-refractivity contribution in [2.24, 2.45) is 0 Å². The number of rotatable bonds is 5. The van der Waals surface area contributed by atoms with E-state index in [1.54, 1.807) is 0 Å². The van der Waals surface area contributed by atoms with E-state index in [4.69, 9.17) is 0 Å². The van der Waals surface area contributed by atoms with E-state index in [2.05, 4.69) is 16.0 Å². The summed E-state index contributed by atoms with van der Waals surface area (Å²) in [4.78, 5) is 13.6. The Balaban J connectivity index is 1.77. The summed E-state index contributed by atoms with van der Waals surface area (Å²) in [6.45, 7) is 6.06. The van der Waals surface area contributed by atoms with Crippen LogP contribution in [0.3, 0.4) is 0 Å². The first-order valence-corrected chi connectivity index (χ1v) is 10.1. The van der Waals surface area contributed by atoms with E-state index >= 15 is 0 Å². The number of carbonyl (C=O) groups is 1. The number of carbonyl (C=O) groups excluding carboxylic acids is 1. The number of thioether (sulfide) groups is 1. The average molecular weight is 368 g/mol. The van der Waals surface area contributed by atoms with Crippen molar-refractivity contribution in [3.05, 3.63) is 46.6 Å². The number of aryl methyl sites for hydroxylation is 1. The molecule has 5 heteroatoms. The van der Waals surface area contributed by atoms with Crippen molar-refractivity contribution in [2.75, 3.05) is 11.1 Å². The highest BCUT2D eigenvalue weighted by Crippen LogP contribution is 2.37. The largest absolute Gasteiger partial charge is 0.327 e. The van der Waals surface area contributed by atoms with Crippen molar-refractivity contribution >= 4 is 23.5 Å². The van der Waals surface area contributed by atoms with Crippen LogP contribution in [0.5, 0.6) is 0 Å². The molecule has 1 aromatic carbocycles. The SMILES string of the molecule is Cc1ccc(SCC(=O)Nc2c(C#N)c(C)c(C)n2C2CCCC2)cc1. The fourth-order valence-electron chi connectivity index (χ4n) is 3.66. The first kappa shape index (κ1) is 18.6. The van der Waals surface area contributed by atoms with Crippen LogP contribution in [-0.2, 0) is 4.79 Å². The highest BCUT2D eigenvalue weighted by Gasteiger charge is 2.26. The third-order valence-electron chi connectivity index (χ3n) is 5.21. The van der Waals surface area contributed by atoms with Crippen LogP contribution in [0.15, 0.2) is 29.2 Å². The van der Waals surface area contributed by atoms with Gasteiger partial charge >= 0.3 is 0 Å². The van der Waals surface area contributed by atoms with Gasteiger partial charge in [-0.2, -0.15) is 5.26 Å². The summed E-state index contributed by atoms with van der Waals surface area (Å²) in [6, 6.07) is 10.8. The molecule has 1 N–H and O–H groups in total. The molecule has 26 heavy (non-hydrogen) atoms. The maximum absolute atomic E-state index is 12.6. The number of nitrogens with one attached hydrogen (secondary N) is 1. The van der Waals surface area contributed by atoms with Gasteiger partial charge in [0.25, 0.3) is 0 Å². The van der Waals surface area contributed by atoms with Crippen LogP contribution in [0, 0.1) is 32.1 Å². The number of benzene rings is 1. The van der Waals surface area contributed by atoms with Gasteiger partial charge in [-0.15, -0.1) is 11.8 Å². The molecule has 1 fully saturated rings. The van der Waals surface area contributed by atoms with Gasteiger partial charge in [-0.3, -0.25) is 4.79 Å². The van der Waals surface area contributed by atoms with Crippen molar-refractivity contribution in [1.29, 1.82) is 5.26 Å². The molecule has 1 heterocycles. The molecule has 1 aliphatic carbocycles. The highest BCUT2D eigenvalue weighted by atomic mass is 32.2. The van der Waals surface area contributed by atoms with Crippen molar-refractivity contribution < 1.29 is 4.79 Å². The molecule has 136 valence electrons. The Morgan fingerprint density at radius 1 is 1.23 bits per heavy atom. The van der Waals surface area contributed by atoms with Gasteiger partial charge in [0, 0.05) is 16.6 Å². The molecular formula is C21H25N3OS. The molecule has 0 radical (unpaired) electrons. The summed E-state index contributed by atoms with van der Waals surface area (Å²) in [5.74, 6) is 0.953. The van der Waals surface area contributed by atoms with E-state index in [9.17, 15) is 10.1 Å². The summed E-state index contributed by atoms with van der Waals surface area (Å²) in [5, 5.41) is 12.6. The highest BCUT2D eigenvalue weighted by molar-refractivity contribution is 8.00. The number of aromatic nitrogens is 1. The Hall–Kier alpha value is -2.19. The van der Waals surface area contributed by atoms with Crippen LogP contribution in [0.2, 0.25) is 0 Å². The van der Waals surface area contributed by atoms with Gasteiger partial charge in [-0.25, -0.2) is 0 Å². The molecule has 0 aliphatic heterocycles. The smallest absolute Gasteiger partial charge is 0.235 e. The Morgan fingerprint density at radius 3 is 2.50 bits per heavy atom. The monoisotopic (exact) mass is 367 g/mol. The Morgan fingerprint density at radius 2 is 1.88 bits per heavy atom. The first-order chi connectivity index (χ1) is 12.5. The van der Waals surface area contributed by atoms with Crippen molar-refractivity contribution in [3.8, 4) is 6.07 Å². The number of amides is 1. The molecule has 1 amide bonds. The number of hydrogen-bond donors (Lipinski definition) is 1. The summed E-state index contributed by atoms with van der Waals surface area (Å²) in [5.41, 5.74) is 3.87. The fraction of sp³-hybridized carbons (Fsp3) is 0.429. The normalized spacial score (nSPS) is 14.4. The molecule has 0 atom stereocenters. The molecule has 0 spiro atoms. The lowest BCUT2D eigenvalue weighted by Gasteiger charge is -2.19. The molecule has 1 saturated carbocycles. The maximum Gasteiger partial charge on any atom is 0.235 e. The Bertz CT molecular complexity index is 840. The van der Waals surface area contributed by atoms with Crippen LogP contribution >= 0.6 is 11.8 Å². The summed E-state index contributed by atoms with van der Waals surface area (Å²) >= 11 is 1.51. The van der Waals surface area contributed by atoms with Crippen molar-refractivity contribution in [3.63, 3.8) is 0 Å². The van der Waals surface area contributed by atoms with Crippen LogP contribution in [0.4, 0.5) is 5.82 Å². The molecule has 1 aromatic heterocycles. The lowest BCUT2D eigenvalue weighted by atomic mass is 10.2. The molecule has 0 unspecified atom stereocenters. The van der Waals surface area contributed by atoms with E-state index < -0.39 is 0 Å². The average Bonchev–Trinajstić information content (AvgIpc) is 3.22. The molecule has 0 bridgehead atoms. The van der Waals surface area contributed by atoms with Gasteiger partial charge in [-0.1, -0.05) is 30.5 Å². The van der Waals surface area contributed by atoms with Crippen LogP contribution in [0.1, 0.15) is 54.1 Å². The minimum atomic E-state index is -0.0659. The second-order valence-electron chi connectivity index (χ2n) is 7.00. The minimum Gasteiger partial charge on any atom is -0.327 e. The van der Waals surface area contributed by atoms with Gasteiger partial charge < -0.3 is 9.88 Å². The summed E-state index contributed by atoms with van der Waals surface area (Å²) in [7, 11) is 0. The van der Waals surface area contributed by atoms with Gasteiger partial charge in [0.05, 0.1) is 11.3 Å². The zero-order chi connectivity index (χ0) is 18.7. The van der Waals surface area contributed by atoms with Crippen LogP contribution in [0.25, 0.3) is 0 Å². The van der Waals surface area contributed by atoms with E-state index in [0.29, 0.717) is 23.2 Å². The van der Waals surface area contributed by atoms with Gasteiger partial charge in [0.15, 0.2) is 0 Å². The Kier molecular flexibility index (Phi) is 5.73. The second kappa shape index (κ2) is 8.01. The molecular weight excluding hydrogens is 342 g/mol.